The largest absolute Gasteiger partial charge is 0.311 e. The van der Waals surface area contributed by atoms with Crippen molar-refractivity contribution < 1.29 is 0 Å². The summed E-state index contributed by atoms with van der Waals surface area (Å²) >= 11 is 0. The molecule has 18 heavy (non-hydrogen) atoms. The van der Waals surface area contributed by atoms with Crippen molar-refractivity contribution in [2.24, 2.45) is 5.92 Å². The number of nitrogens with one attached hydrogen (secondary N) is 1. The van der Waals surface area contributed by atoms with Gasteiger partial charge < -0.3 is 5.32 Å². The second-order valence-corrected chi connectivity index (χ2v) is 6.35. The molecular formula is C16H34N2. The van der Waals surface area contributed by atoms with E-state index in [9.17, 15) is 0 Å². The molecule has 0 bridgehead atoms. The molecule has 0 saturated carbocycles. The van der Waals surface area contributed by atoms with Crippen molar-refractivity contribution in [1.82, 2.24) is 10.2 Å². The summed E-state index contributed by atoms with van der Waals surface area (Å²) in [6.45, 7) is 16.5. The van der Waals surface area contributed by atoms with Gasteiger partial charge in [0.1, 0.15) is 0 Å². The Kier molecular flexibility index (Phi) is 6.13. The Morgan fingerprint density at radius 3 is 2.22 bits per heavy atom. The Morgan fingerprint density at radius 2 is 1.78 bits per heavy atom. The third-order valence-electron chi connectivity index (χ3n) is 5.31. The van der Waals surface area contributed by atoms with E-state index in [0.717, 1.165) is 18.5 Å². The van der Waals surface area contributed by atoms with E-state index in [1.54, 1.807) is 0 Å². The maximum atomic E-state index is 3.80. The molecule has 0 aliphatic carbocycles. The lowest BCUT2D eigenvalue weighted by atomic mass is 9.86. The number of hydrogen-bond acceptors (Lipinski definition) is 2. The molecule has 0 amide bonds. The zero-order chi connectivity index (χ0) is 13.8. The van der Waals surface area contributed by atoms with Gasteiger partial charge in [-0.25, -0.2) is 0 Å². The maximum absolute atomic E-state index is 3.80. The first-order valence-electron chi connectivity index (χ1n) is 8.02. The molecule has 0 aromatic carbocycles. The van der Waals surface area contributed by atoms with Crippen molar-refractivity contribution in [2.75, 3.05) is 13.1 Å². The van der Waals surface area contributed by atoms with Crippen molar-refractivity contribution in [3.8, 4) is 0 Å². The lowest BCUT2D eigenvalue weighted by Gasteiger charge is -2.52. The van der Waals surface area contributed by atoms with Gasteiger partial charge in [0.2, 0.25) is 0 Å². The highest BCUT2D eigenvalue weighted by Gasteiger charge is 2.39. The zero-order valence-corrected chi connectivity index (χ0v) is 13.4. The van der Waals surface area contributed by atoms with Crippen LogP contribution in [0.25, 0.3) is 0 Å². The van der Waals surface area contributed by atoms with Crippen molar-refractivity contribution >= 4 is 0 Å². The highest BCUT2D eigenvalue weighted by Crippen LogP contribution is 2.29. The fourth-order valence-electron chi connectivity index (χ4n) is 3.26. The van der Waals surface area contributed by atoms with Crippen LogP contribution in [-0.4, -0.2) is 35.6 Å². The van der Waals surface area contributed by atoms with Crippen molar-refractivity contribution in [2.45, 2.75) is 84.8 Å². The molecule has 1 aliphatic rings. The van der Waals surface area contributed by atoms with E-state index in [1.165, 1.54) is 32.2 Å². The Morgan fingerprint density at radius 1 is 1.17 bits per heavy atom. The molecule has 1 heterocycles. The smallest absolute Gasteiger partial charge is 0.0306 e. The van der Waals surface area contributed by atoms with Crippen LogP contribution in [0.4, 0.5) is 0 Å². The van der Waals surface area contributed by atoms with Crippen LogP contribution in [0.2, 0.25) is 0 Å². The van der Waals surface area contributed by atoms with Crippen LogP contribution in [0.3, 0.4) is 0 Å². The lowest BCUT2D eigenvalue weighted by Crippen LogP contribution is -2.66. The molecule has 0 spiro atoms. The van der Waals surface area contributed by atoms with Gasteiger partial charge in [-0.15, -0.1) is 0 Å². The van der Waals surface area contributed by atoms with Crippen LogP contribution < -0.4 is 5.32 Å². The average molecular weight is 254 g/mol. The second-order valence-electron chi connectivity index (χ2n) is 6.35. The summed E-state index contributed by atoms with van der Waals surface area (Å²) in [6.07, 6.45) is 5.07. The van der Waals surface area contributed by atoms with Crippen LogP contribution in [0, 0.1) is 5.92 Å². The molecule has 0 aromatic rings. The fraction of sp³-hybridized carbons (Fsp3) is 1.00. The molecule has 1 saturated heterocycles. The predicted octanol–water partition coefficient (Wildman–Crippen LogP) is 3.66. The number of nitrogens with zero attached hydrogens (tertiary/aromatic N) is 1. The molecule has 0 radical (unpaired) electrons. The molecule has 108 valence electrons. The third-order valence-corrected chi connectivity index (χ3v) is 5.31. The van der Waals surface area contributed by atoms with Gasteiger partial charge in [-0.2, -0.15) is 0 Å². The minimum Gasteiger partial charge on any atom is -0.311 e. The molecule has 0 aromatic heterocycles. The maximum Gasteiger partial charge on any atom is 0.0306 e. The summed E-state index contributed by atoms with van der Waals surface area (Å²) in [5.74, 6) is 0.781. The molecule has 3 unspecified atom stereocenters. The van der Waals surface area contributed by atoms with Gasteiger partial charge in [-0.3, -0.25) is 4.90 Å². The molecule has 3 atom stereocenters. The Bertz CT molecular complexity index is 237. The zero-order valence-electron chi connectivity index (χ0n) is 13.4. The van der Waals surface area contributed by atoms with E-state index in [-0.39, 0.29) is 0 Å². The van der Waals surface area contributed by atoms with E-state index in [1.807, 2.05) is 0 Å². The first kappa shape index (κ1) is 16.0. The summed E-state index contributed by atoms with van der Waals surface area (Å²) < 4.78 is 0. The Hall–Kier alpha value is -0.0800. The van der Waals surface area contributed by atoms with Gasteiger partial charge >= 0.3 is 0 Å². The topological polar surface area (TPSA) is 15.3 Å². The molecule has 2 heteroatoms. The molecular weight excluding hydrogens is 220 g/mol. The minimum atomic E-state index is 0.348. The predicted molar refractivity (Wildman–Crippen MR) is 81.0 cm³/mol. The summed E-state index contributed by atoms with van der Waals surface area (Å²) in [5.41, 5.74) is 0.348. The Balaban J connectivity index is 2.82. The SMILES string of the molecule is CCC(C)C1CN(C(CC)CC)C(C)(CC)CN1. The molecule has 2 nitrogen and oxygen atoms in total. The standard InChI is InChI=1S/C16H34N2/c1-7-13(5)15-11-18(14(8-2)9-3)16(6,10-4)12-17-15/h13-15,17H,7-12H2,1-6H3. The molecule has 1 N–H and O–H groups in total. The lowest BCUT2D eigenvalue weighted by molar-refractivity contribution is -0.00248. The van der Waals surface area contributed by atoms with E-state index < -0.39 is 0 Å². The van der Waals surface area contributed by atoms with Gasteiger partial charge in [-0.05, 0) is 32.1 Å². The molecule has 1 aliphatic heterocycles. The van der Waals surface area contributed by atoms with Crippen LogP contribution in [-0.2, 0) is 0 Å². The quantitative estimate of drug-likeness (QED) is 0.778. The normalized spacial score (nSPS) is 31.8. The van der Waals surface area contributed by atoms with Crippen LogP contribution >= 0.6 is 0 Å². The Labute approximate surface area is 115 Å². The first-order chi connectivity index (χ1) is 8.52. The number of rotatable bonds is 6. The number of hydrogen-bond donors (Lipinski definition) is 1. The summed E-state index contributed by atoms with van der Waals surface area (Å²) in [5, 5.41) is 3.80. The van der Waals surface area contributed by atoms with Crippen molar-refractivity contribution in [3.63, 3.8) is 0 Å². The van der Waals surface area contributed by atoms with E-state index in [4.69, 9.17) is 0 Å². The highest BCUT2D eigenvalue weighted by atomic mass is 15.3. The van der Waals surface area contributed by atoms with Crippen LogP contribution in [0.15, 0.2) is 0 Å². The fourth-order valence-corrected chi connectivity index (χ4v) is 3.26. The summed E-state index contributed by atoms with van der Waals surface area (Å²) in [7, 11) is 0. The van der Waals surface area contributed by atoms with Gasteiger partial charge in [0.25, 0.3) is 0 Å². The van der Waals surface area contributed by atoms with Crippen molar-refractivity contribution in [1.29, 1.82) is 0 Å². The van der Waals surface area contributed by atoms with E-state index in [2.05, 4.69) is 51.8 Å². The summed E-state index contributed by atoms with van der Waals surface area (Å²) in [6, 6.07) is 1.43. The van der Waals surface area contributed by atoms with Crippen LogP contribution in [0.1, 0.15) is 67.2 Å². The minimum absolute atomic E-state index is 0.348. The summed E-state index contributed by atoms with van der Waals surface area (Å²) in [4.78, 5) is 2.81. The van der Waals surface area contributed by atoms with Crippen molar-refractivity contribution in [3.05, 3.63) is 0 Å². The first-order valence-corrected chi connectivity index (χ1v) is 8.02. The second kappa shape index (κ2) is 6.91. The number of piperazine rings is 1. The van der Waals surface area contributed by atoms with E-state index >= 15 is 0 Å². The monoisotopic (exact) mass is 254 g/mol. The van der Waals surface area contributed by atoms with Gasteiger partial charge in [0.15, 0.2) is 0 Å². The van der Waals surface area contributed by atoms with Gasteiger partial charge in [0, 0.05) is 30.7 Å². The molecule has 1 rings (SSSR count). The van der Waals surface area contributed by atoms with Gasteiger partial charge in [-0.1, -0.05) is 41.0 Å². The molecule has 1 fully saturated rings. The third kappa shape index (κ3) is 3.27. The van der Waals surface area contributed by atoms with Gasteiger partial charge in [0.05, 0.1) is 0 Å². The average Bonchev–Trinajstić information content (AvgIpc) is 2.41. The van der Waals surface area contributed by atoms with Crippen LogP contribution in [0.5, 0.6) is 0 Å². The van der Waals surface area contributed by atoms with E-state index in [0.29, 0.717) is 11.6 Å². The highest BCUT2D eigenvalue weighted by molar-refractivity contribution is 4.98.